The minimum atomic E-state index is -4.87. The van der Waals surface area contributed by atoms with Crippen LogP contribution in [0.25, 0.3) is 0 Å². The van der Waals surface area contributed by atoms with Gasteiger partial charge in [0, 0.05) is 12.8 Å². The predicted molar refractivity (Wildman–Crippen MR) is 220 cm³/mol. The van der Waals surface area contributed by atoms with Crippen molar-refractivity contribution in [2.45, 2.75) is 180 Å². The van der Waals surface area contributed by atoms with E-state index in [1.807, 2.05) is 6.08 Å². The summed E-state index contributed by atoms with van der Waals surface area (Å²) in [4.78, 5) is 52.6. The number of carbonyl (C=O) groups excluding carboxylic acids is 2. The summed E-state index contributed by atoms with van der Waals surface area (Å²) in [5.74, 6) is -0.357. The quantitative estimate of drug-likeness (QED) is 0.0150. The lowest BCUT2D eigenvalue weighted by molar-refractivity contribution is -0.161. The van der Waals surface area contributed by atoms with E-state index in [4.69, 9.17) is 28.5 Å². The molecule has 1 fully saturated rings. The van der Waals surface area contributed by atoms with Crippen LogP contribution in [-0.2, 0) is 46.5 Å². The maximum atomic E-state index is 12.6. The largest absolute Gasteiger partial charge is 0.472 e. The van der Waals surface area contributed by atoms with Gasteiger partial charge in [-0.1, -0.05) is 128 Å². The Balaban J connectivity index is 2.41. The summed E-state index contributed by atoms with van der Waals surface area (Å²) in [5, 5.41) is 9.74. The first-order chi connectivity index (χ1) is 27.2. The molecule has 5 atom stereocenters. The van der Waals surface area contributed by atoms with Crippen molar-refractivity contribution in [2.75, 3.05) is 26.4 Å². The fourth-order valence-corrected chi connectivity index (χ4v) is 6.90. The standard InChI is InChI=1S/C41H74O14P2/c1-4-5-6-7-8-10-14-17-22-27-38-39(55-38)28-23-19-20-24-29-40(43)50-33-37(34-53-57(48,49)52-32-36(42)31-51-56(45,46)47)54-41(44)30-25-18-15-12-9-11-13-16-21-26-35(2)3/h8,10,17,19,22-23,35-39,42H,4-7,9,11-16,18,20-21,24-34H2,1-3H3,(H,48,49)(H2,45,46,47)/b10-8-,22-17-,23-19-/t36-,37+,38?,39?/m0/s1. The molecule has 0 bridgehead atoms. The van der Waals surface area contributed by atoms with E-state index in [0.717, 1.165) is 57.3 Å². The van der Waals surface area contributed by atoms with Crippen molar-refractivity contribution in [1.82, 2.24) is 0 Å². The molecule has 4 N–H and O–H groups in total. The maximum Gasteiger partial charge on any atom is 0.472 e. The molecular formula is C41H74O14P2. The van der Waals surface area contributed by atoms with Crippen LogP contribution in [-0.4, -0.2) is 82.6 Å². The number of allylic oxidation sites excluding steroid dienone is 4. The van der Waals surface area contributed by atoms with E-state index in [1.54, 1.807) is 0 Å². The average Bonchev–Trinajstić information content (AvgIpc) is 3.91. The summed E-state index contributed by atoms with van der Waals surface area (Å²) in [5.41, 5.74) is 0. The highest BCUT2D eigenvalue weighted by Crippen LogP contribution is 2.44. The highest BCUT2D eigenvalue weighted by molar-refractivity contribution is 7.47. The topological polar surface area (TPSA) is 208 Å². The monoisotopic (exact) mass is 852 g/mol. The Bertz CT molecular complexity index is 1230. The van der Waals surface area contributed by atoms with E-state index in [2.05, 4.69) is 60.2 Å². The Labute approximate surface area is 342 Å². The SMILES string of the molecule is CCCCC/C=C\C/C=C\CC1OC1C/C=C\CCCC(=O)OC[C@H](COP(=O)(O)OC[C@@H](O)COP(=O)(O)O)OC(=O)CCCCCCCCCCCC(C)C. The molecule has 0 spiro atoms. The lowest BCUT2D eigenvalue weighted by atomic mass is 10.0. The van der Waals surface area contributed by atoms with Gasteiger partial charge in [0.25, 0.3) is 0 Å². The summed E-state index contributed by atoms with van der Waals surface area (Å²) in [7, 11) is -9.69. The molecule has 0 aromatic carbocycles. The van der Waals surface area contributed by atoms with Crippen molar-refractivity contribution in [2.24, 2.45) is 5.92 Å². The molecule has 16 heteroatoms. The first-order valence-corrected chi connectivity index (χ1v) is 24.2. The molecule has 0 aromatic heterocycles. The zero-order valence-corrected chi connectivity index (χ0v) is 36.6. The number of esters is 2. The number of phosphoric ester groups is 2. The zero-order valence-electron chi connectivity index (χ0n) is 34.8. The first-order valence-electron chi connectivity index (χ1n) is 21.2. The van der Waals surface area contributed by atoms with Crippen molar-refractivity contribution in [3.8, 4) is 0 Å². The molecule has 0 aliphatic carbocycles. The van der Waals surface area contributed by atoms with Crippen LogP contribution in [0.4, 0.5) is 0 Å². The van der Waals surface area contributed by atoms with Crippen LogP contribution < -0.4 is 0 Å². The van der Waals surface area contributed by atoms with E-state index < -0.39 is 66.2 Å². The predicted octanol–water partition coefficient (Wildman–Crippen LogP) is 9.35. The van der Waals surface area contributed by atoms with Crippen molar-refractivity contribution >= 4 is 27.6 Å². The lowest BCUT2D eigenvalue weighted by Gasteiger charge is -2.20. The molecule has 1 rings (SSSR count). The van der Waals surface area contributed by atoms with Crippen LogP contribution in [0.5, 0.6) is 0 Å². The lowest BCUT2D eigenvalue weighted by Crippen LogP contribution is -2.30. The fraction of sp³-hybridized carbons (Fsp3) is 0.805. The number of carbonyl (C=O) groups is 2. The summed E-state index contributed by atoms with van der Waals surface area (Å²) >= 11 is 0. The van der Waals surface area contributed by atoms with Gasteiger partial charge in [-0.2, -0.15) is 0 Å². The molecule has 332 valence electrons. The molecule has 57 heavy (non-hydrogen) atoms. The van der Waals surface area contributed by atoms with Gasteiger partial charge < -0.3 is 34.0 Å². The minimum absolute atomic E-state index is 0.111. The van der Waals surface area contributed by atoms with Gasteiger partial charge in [0.15, 0.2) is 6.10 Å². The van der Waals surface area contributed by atoms with Crippen LogP contribution in [0.15, 0.2) is 36.5 Å². The Kier molecular flexibility index (Phi) is 30.9. The molecule has 1 saturated heterocycles. The van der Waals surface area contributed by atoms with E-state index in [0.29, 0.717) is 19.3 Å². The summed E-state index contributed by atoms with van der Waals surface area (Å²) in [6, 6.07) is 0. The third-order valence-electron chi connectivity index (χ3n) is 9.10. The number of hydrogen-bond acceptors (Lipinski definition) is 11. The number of ether oxygens (including phenoxy) is 3. The van der Waals surface area contributed by atoms with Gasteiger partial charge >= 0.3 is 27.6 Å². The molecular weight excluding hydrogens is 778 g/mol. The number of rotatable bonds is 38. The van der Waals surface area contributed by atoms with Gasteiger partial charge in [0.2, 0.25) is 0 Å². The van der Waals surface area contributed by atoms with Crippen LogP contribution in [0, 0.1) is 5.92 Å². The van der Waals surface area contributed by atoms with E-state index >= 15 is 0 Å². The highest BCUT2D eigenvalue weighted by atomic mass is 31.2. The van der Waals surface area contributed by atoms with Gasteiger partial charge in [0.05, 0.1) is 32.0 Å². The van der Waals surface area contributed by atoms with E-state index in [9.17, 15) is 28.7 Å². The van der Waals surface area contributed by atoms with Gasteiger partial charge in [-0.25, -0.2) is 9.13 Å². The Morgan fingerprint density at radius 1 is 0.649 bits per heavy atom. The Morgan fingerprint density at radius 2 is 1.19 bits per heavy atom. The molecule has 0 saturated carbocycles. The van der Waals surface area contributed by atoms with Crippen LogP contribution in [0.2, 0.25) is 0 Å². The van der Waals surface area contributed by atoms with Gasteiger partial charge in [-0.3, -0.25) is 23.2 Å². The normalized spacial score (nSPS) is 18.1. The van der Waals surface area contributed by atoms with Crippen LogP contribution >= 0.6 is 15.6 Å². The van der Waals surface area contributed by atoms with Crippen LogP contribution in [0.1, 0.15) is 156 Å². The Morgan fingerprint density at radius 3 is 1.84 bits per heavy atom. The smallest absolute Gasteiger partial charge is 0.462 e. The van der Waals surface area contributed by atoms with Crippen molar-refractivity contribution in [1.29, 1.82) is 0 Å². The zero-order chi connectivity index (χ0) is 42.2. The molecule has 0 amide bonds. The second-order valence-corrected chi connectivity index (χ2v) is 17.8. The summed E-state index contributed by atoms with van der Waals surface area (Å²) in [6.07, 6.45) is 30.4. The number of aliphatic hydroxyl groups is 1. The Hall–Kier alpha value is -1.70. The average molecular weight is 853 g/mol. The number of phosphoric acid groups is 2. The third kappa shape index (κ3) is 34.8. The maximum absolute atomic E-state index is 12.6. The molecule has 0 radical (unpaired) electrons. The van der Waals surface area contributed by atoms with Crippen LogP contribution in [0.3, 0.4) is 0 Å². The van der Waals surface area contributed by atoms with Crippen molar-refractivity contribution < 1.29 is 66.3 Å². The number of unbranched alkanes of at least 4 members (excludes halogenated alkanes) is 12. The fourth-order valence-electron chi connectivity index (χ4n) is 5.74. The van der Waals surface area contributed by atoms with Gasteiger partial charge in [-0.05, 0) is 57.3 Å². The molecule has 1 heterocycles. The molecule has 3 unspecified atom stereocenters. The molecule has 0 aromatic rings. The highest BCUT2D eigenvalue weighted by Gasteiger charge is 2.36. The summed E-state index contributed by atoms with van der Waals surface area (Å²) < 4.78 is 53.4. The summed E-state index contributed by atoms with van der Waals surface area (Å²) in [6.45, 7) is 3.92. The van der Waals surface area contributed by atoms with E-state index in [1.165, 1.54) is 51.4 Å². The number of aliphatic hydroxyl groups excluding tert-OH is 1. The number of epoxide rings is 1. The molecule has 14 nitrogen and oxygen atoms in total. The molecule has 1 aliphatic rings. The number of hydrogen-bond donors (Lipinski definition) is 4. The van der Waals surface area contributed by atoms with Gasteiger partial charge in [0.1, 0.15) is 12.7 Å². The first kappa shape index (κ1) is 53.3. The van der Waals surface area contributed by atoms with E-state index in [-0.39, 0.29) is 25.0 Å². The van der Waals surface area contributed by atoms with Crippen molar-refractivity contribution in [3.05, 3.63) is 36.5 Å². The third-order valence-corrected chi connectivity index (χ3v) is 10.5. The van der Waals surface area contributed by atoms with Gasteiger partial charge in [-0.15, -0.1) is 0 Å². The second-order valence-electron chi connectivity index (χ2n) is 15.1. The second kappa shape index (κ2) is 33.1. The van der Waals surface area contributed by atoms with Crippen molar-refractivity contribution in [3.63, 3.8) is 0 Å². The minimum Gasteiger partial charge on any atom is -0.462 e. The molecule has 1 aliphatic heterocycles.